The molecule has 0 saturated heterocycles. The Balaban J connectivity index is 2.14. The normalized spacial score (nSPS) is 11.6. The molecule has 0 atom stereocenters. The van der Waals surface area contributed by atoms with Crippen LogP contribution in [0.15, 0.2) is 24.3 Å². The fourth-order valence-corrected chi connectivity index (χ4v) is 3.02. The molecule has 3 aromatic rings. The molecule has 0 unspecified atom stereocenters. The van der Waals surface area contributed by atoms with E-state index in [9.17, 15) is 15.4 Å². The van der Waals surface area contributed by atoms with Crippen molar-refractivity contribution in [2.75, 3.05) is 0 Å². The fourth-order valence-electron chi connectivity index (χ4n) is 2.51. The van der Waals surface area contributed by atoms with Crippen LogP contribution in [0.3, 0.4) is 0 Å². The molecule has 1 aromatic heterocycles. The maximum absolute atomic E-state index is 11.1. The lowest BCUT2D eigenvalue weighted by Crippen LogP contribution is -1.91. The minimum atomic E-state index is -0.602. The summed E-state index contributed by atoms with van der Waals surface area (Å²) in [6, 6.07) is 8.46. The van der Waals surface area contributed by atoms with Gasteiger partial charge in [-0.1, -0.05) is 23.2 Å². The first-order valence-corrected chi connectivity index (χ1v) is 8.28. The number of aromatic amines is 1. The summed E-state index contributed by atoms with van der Waals surface area (Å²) in [7, 11) is 0. The number of nitrogens with one attached hydrogen (secondary N) is 1. The molecule has 26 heavy (non-hydrogen) atoms. The van der Waals surface area contributed by atoms with Crippen molar-refractivity contribution < 1.29 is 4.92 Å². The highest BCUT2D eigenvalue weighted by molar-refractivity contribution is 6.37. The second kappa shape index (κ2) is 6.79. The number of nitro benzene ring substituents is 1. The summed E-state index contributed by atoms with van der Waals surface area (Å²) in [5, 5.41) is 20.7. The van der Waals surface area contributed by atoms with Crippen molar-refractivity contribution in [3.05, 3.63) is 66.9 Å². The number of H-pyrrole nitrogens is 1. The Morgan fingerprint density at radius 1 is 1.23 bits per heavy atom. The number of imidazole rings is 1. The molecule has 0 aliphatic heterocycles. The number of aryl methyl sites for hydroxylation is 2. The number of benzene rings is 2. The summed E-state index contributed by atoms with van der Waals surface area (Å²) in [5.41, 5.74) is 3.97. The topological polar surface area (TPSA) is 95.6 Å². The van der Waals surface area contributed by atoms with Crippen molar-refractivity contribution in [1.29, 1.82) is 5.26 Å². The summed E-state index contributed by atoms with van der Waals surface area (Å²) in [6.07, 6.45) is 1.45. The lowest BCUT2D eigenvalue weighted by atomic mass is 10.1. The van der Waals surface area contributed by atoms with Gasteiger partial charge in [-0.2, -0.15) is 5.26 Å². The van der Waals surface area contributed by atoms with Gasteiger partial charge in [0, 0.05) is 16.7 Å². The van der Waals surface area contributed by atoms with Crippen molar-refractivity contribution in [3.8, 4) is 6.07 Å². The van der Waals surface area contributed by atoms with Crippen LogP contribution in [0.1, 0.15) is 22.5 Å². The molecule has 0 bridgehead atoms. The third-order valence-corrected chi connectivity index (χ3v) is 4.67. The predicted molar refractivity (Wildman–Crippen MR) is 102 cm³/mol. The molecule has 1 N–H and O–H groups in total. The van der Waals surface area contributed by atoms with Crippen molar-refractivity contribution in [1.82, 2.24) is 9.97 Å². The van der Waals surface area contributed by atoms with Crippen LogP contribution in [0.4, 0.5) is 5.69 Å². The first kappa shape index (κ1) is 17.9. The fraction of sp³-hybridized carbons (Fsp3) is 0.111. The van der Waals surface area contributed by atoms with Gasteiger partial charge in [-0.3, -0.25) is 10.1 Å². The van der Waals surface area contributed by atoms with E-state index in [0.29, 0.717) is 11.4 Å². The second-order valence-electron chi connectivity index (χ2n) is 5.79. The Morgan fingerprint density at radius 3 is 2.58 bits per heavy atom. The quantitative estimate of drug-likeness (QED) is 0.367. The van der Waals surface area contributed by atoms with Gasteiger partial charge in [0.1, 0.15) is 16.9 Å². The summed E-state index contributed by atoms with van der Waals surface area (Å²) < 4.78 is 0. The molecule has 2 aromatic carbocycles. The van der Waals surface area contributed by atoms with Crippen molar-refractivity contribution in [3.63, 3.8) is 0 Å². The highest BCUT2D eigenvalue weighted by Gasteiger charge is 2.17. The van der Waals surface area contributed by atoms with Gasteiger partial charge in [0.25, 0.3) is 5.69 Å². The zero-order valence-corrected chi connectivity index (χ0v) is 15.3. The van der Waals surface area contributed by atoms with E-state index in [2.05, 4.69) is 16.0 Å². The molecule has 0 radical (unpaired) electrons. The summed E-state index contributed by atoms with van der Waals surface area (Å²) in [6.45, 7) is 3.97. The molecule has 0 aliphatic rings. The predicted octanol–water partition coefficient (Wildman–Crippen LogP) is 5.46. The third kappa shape index (κ3) is 3.27. The van der Waals surface area contributed by atoms with Crippen LogP contribution in [0.5, 0.6) is 0 Å². The smallest absolute Gasteiger partial charge is 0.288 e. The number of aromatic nitrogens is 2. The number of rotatable bonds is 3. The van der Waals surface area contributed by atoms with Gasteiger partial charge in [-0.15, -0.1) is 0 Å². The van der Waals surface area contributed by atoms with Crippen LogP contribution in [0.2, 0.25) is 10.0 Å². The molecular weight excluding hydrogens is 375 g/mol. The molecule has 3 rings (SSSR count). The summed E-state index contributed by atoms with van der Waals surface area (Å²) in [5.74, 6) is 0.362. The molecular formula is C18H12Cl2N4O2. The molecule has 0 amide bonds. The first-order valence-electron chi connectivity index (χ1n) is 7.52. The number of nitriles is 1. The maximum atomic E-state index is 11.1. The van der Waals surface area contributed by atoms with Crippen LogP contribution >= 0.6 is 23.2 Å². The average molecular weight is 387 g/mol. The Labute approximate surface area is 158 Å². The highest BCUT2D eigenvalue weighted by Crippen LogP contribution is 2.33. The Kier molecular flexibility index (Phi) is 4.68. The molecule has 6 nitrogen and oxygen atoms in total. The van der Waals surface area contributed by atoms with Gasteiger partial charge >= 0.3 is 0 Å². The van der Waals surface area contributed by atoms with Gasteiger partial charge in [-0.25, -0.2) is 4.98 Å². The number of nitrogens with zero attached hydrogens (tertiary/aromatic N) is 3. The van der Waals surface area contributed by atoms with Gasteiger partial charge < -0.3 is 4.98 Å². The van der Waals surface area contributed by atoms with Gasteiger partial charge in [0.2, 0.25) is 0 Å². The monoisotopic (exact) mass is 386 g/mol. The number of halogens is 2. The van der Waals surface area contributed by atoms with Crippen LogP contribution in [-0.2, 0) is 0 Å². The van der Waals surface area contributed by atoms with Crippen molar-refractivity contribution >= 4 is 51.6 Å². The van der Waals surface area contributed by atoms with E-state index in [4.69, 9.17) is 23.2 Å². The maximum Gasteiger partial charge on any atom is 0.288 e. The van der Waals surface area contributed by atoms with Crippen LogP contribution in [-0.4, -0.2) is 14.9 Å². The average Bonchev–Trinajstić information content (AvgIpc) is 2.96. The van der Waals surface area contributed by atoms with E-state index in [0.717, 1.165) is 22.2 Å². The Morgan fingerprint density at radius 2 is 1.92 bits per heavy atom. The third-order valence-electron chi connectivity index (χ3n) is 4.04. The zero-order chi connectivity index (χ0) is 19.0. The van der Waals surface area contributed by atoms with Crippen LogP contribution in [0, 0.1) is 35.3 Å². The Hall–Kier alpha value is -2.88. The van der Waals surface area contributed by atoms with E-state index in [1.54, 1.807) is 0 Å². The van der Waals surface area contributed by atoms with Crippen molar-refractivity contribution in [2.45, 2.75) is 13.8 Å². The standard InChI is InChI=1S/C18H12Cl2N4O2/c1-9-3-15-16(4-10(9)2)23-18(22-15)12(8-21)5-11-6-17(24(25)26)14(20)7-13(11)19/h3-7H,1-2H3,(H,22,23). The summed E-state index contributed by atoms with van der Waals surface area (Å²) >= 11 is 12.0. The van der Waals surface area contributed by atoms with E-state index >= 15 is 0 Å². The van der Waals surface area contributed by atoms with Gasteiger partial charge in [0.15, 0.2) is 0 Å². The van der Waals surface area contributed by atoms with Gasteiger partial charge in [-0.05, 0) is 49.2 Å². The zero-order valence-electron chi connectivity index (χ0n) is 13.8. The largest absolute Gasteiger partial charge is 0.337 e. The number of hydrogen-bond acceptors (Lipinski definition) is 4. The molecule has 8 heteroatoms. The van der Waals surface area contributed by atoms with Crippen LogP contribution in [0.25, 0.3) is 22.7 Å². The number of fused-ring (bicyclic) bond motifs is 1. The number of hydrogen-bond donors (Lipinski definition) is 1. The summed E-state index contributed by atoms with van der Waals surface area (Å²) in [4.78, 5) is 18.0. The van der Waals surface area contributed by atoms with E-state index < -0.39 is 4.92 Å². The Bertz CT molecular complexity index is 1090. The second-order valence-corrected chi connectivity index (χ2v) is 6.61. The SMILES string of the molecule is Cc1cc2nc(C(C#N)=Cc3cc([N+](=O)[O-])c(Cl)cc3Cl)[nH]c2cc1C. The minimum absolute atomic E-state index is 0.0645. The lowest BCUT2D eigenvalue weighted by Gasteiger charge is -2.02. The van der Waals surface area contributed by atoms with E-state index in [1.807, 2.05) is 26.0 Å². The van der Waals surface area contributed by atoms with Crippen LogP contribution < -0.4 is 0 Å². The van der Waals surface area contributed by atoms with Gasteiger partial charge in [0.05, 0.1) is 21.5 Å². The first-order chi connectivity index (χ1) is 12.3. The highest BCUT2D eigenvalue weighted by atomic mass is 35.5. The molecule has 0 saturated carbocycles. The molecule has 130 valence electrons. The molecule has 0 spiro atoms. The molecule has 0 fully saturated rings. The molecule has 0 aliphatic carbocycles. The molecule has 1 heterocycles. The minimum Gasteiger partial charge on any atom is -0.337 e. The van der Waals surface area contributed by atoms with E-state index in [1.165, 1.54) is 18.2 Å². The number of nitro groups is 1. The lowest BCUT2D eigenvalue weighted by molar-refractivity contribution is -0.384. The number of allylic oxidation sites excluding steroid dienone is 1. The van der Waals surface area contributed by atoms with Crippen molar-refractivity contribution in [2.24, 2.45) is 0 Å². The van der Waals surface area contributed by atoms with E-state index in [-0.39, 0.29) is 21.3 Å².